The quantitative estimate of drug-likeness (QED) is 0.871. The minimum absolute atomic E-state index is 0.610. The van der Waals surface area contributed by atoms with E-state index < -0.39 is 0 Å². The number of pyridine rings is 1. The fraction of sp³-hybridized carbons (Fsp3) is 0.385. The molecule has 1 N–H and O–H groups in total. The third-order valence-electron chi connectivity index (χ3n) is 3.39. The molecule has 0 bridgehead atoms. The largest absolute Gasteiger partial charge is 0.298 e. The van der Waals surface area contributed by atoms with Crippen LogP contribution in [-0.2, 0) is 6.54 Å². The zero-order valence-electron chi connectivity index (χ0n) is 9.71. The molecule has 3 rings (SSSR count). The summed E-state index contributed by atoms with van der Waals surface area (Å²) < 4.78 is 0. The highest BCUT2D eigenvalue weighted by Crippen LogP contribution is 2.26. The van der Waals surface area contributed by atoms with Crippen LogP contribution < -0.4 is 0 Å². The molecule has 1 aliphatic rings. The van der Waals surface area contributed by atoms with Gasteiger partial charge < -0.3 is 0 Å². The van der Waals surface area contributed by atoms with Crippen LogP contribution in [0.1, 0.15) is 23.6 Å². The van der Waals surface area contributed by atoms with Gasteiger partial charge in [-0.3, -0.25) is 15.0 Å². The highest BCUT2D eigenvalue weighted by Gasteiger charge is 2.24. The van der Waals surface area contributed by atoms with Crippen molar-refractivity contribution in [2.24, 2.45) is 0 Å². The topological polar surface area (TPSA) is 44.8 Å². The van der Waals surface area contributed by atoms with Gasteiger partial charge in [0.2, 0.25) is 0 Å². The maximum absolute atomic E-state index is 4.04. The molecular weight excluding hydrogens is 212 g/mol. The molecule has 88 valence electrons. The van der Waals surface area contributed by atoms with Crippen molar-refractivity contribution in [2.75, 3.05) is 13.1 Å². The minimum atomic E-state index is 0.610. The highest BCUT2D eigenvalue weighted by molar-refractivity contribution is 5.12. The summed E-state index contributed by atoms with van der Waals surface area (Å²) in [5.41, 5.74) is 2.60. The van der Waals surface area contributed by atoms with Crippen molar-refractivity contribution in [3.05, 3.63) is 48.0 Å². The van der Waals surface area contributed by atoms with Gasteiger partial charge in [-0.1, -0.05) is 0 Å². The number of nitrogens with one attached hydrogen (secondary N) is 1. The van der Waals surface area contributed by atoms with E-state index in [1.54, 1.807) is 0 Å². The van der Waals surface area contributed by atoms with Crippen LogP contribution in [0.2, 0.25) is 0 Å². The lowest BCUT2D eigenvalue weighted by molar-refractivity contribution is 0.326. The third kappa shape index (κ3) is 2.36. The van der Waals surface area contributed by atoms with Crippen LogP contribution in [0.15, 0.2) is 36.8 Å². The van der Waals surface area contributed by atoms with Gasteiger partial charge in [0.15, 0.2) is 0 Å². The summed E-state index contributed by atoms with van der Waals surface area (Å²) in [6.45, 7) is 3.30. The Balaban J connectivity index is 1.61. The van der Waals surface area contributed by atoms with E-state index in [1.165, 1.54) is 17.7 Å². The Morgan fingerprint density at radius 2 is 2.12 bits per heavy atom. The zero-order valence-corrected chi connectivity index (χ0v) is 9.71. The van der Waals surface area contributed by atoms with Crippen LogP contribution in [0.3, 0.4) is 0 Å². The van der Waals surface area contributed by atoms with Crippen molar-refractivity contribution >= 4 is 0 Å². The predicted molar refractivity (Wildman–Crippen MR) is 65.5 cm³/mol. The minimum Gasteiger partial charge on any atom is -0.298 e. The van der Waals surface area contributed by atoms with Gasteiger partial charge in [-0.05, 0) is 36.7 Å². The molecular formula is C13H16N4. The molecule has 0 amide bonds. The average Bonchev–Trinajstić information content (AvgIpc) is 3.00. The third-order valence-corrected chi connectivity index (χ3v) is 3.39. The summed E-state index contributed by atoms with van der Waals surface area (Å²) in [7, 11) is 0. The number of aromatic amines is 1. The molecule has 0 saturated carbocycles. The average molecular weight is 228 g/mol. The van der Waals surface area contributed by atoms with Gasteiger partial charge in [-0.2, -0.15) is 5.10 Å². The first kappa shape index (κ1) is 10.5. The highest BCUT2D eigenvalue weighted by atomic mass is 15.2. The molecule has 2 aromatic heterocycles. The Kier molecular flexibility index (Phi) is 2.88. The molecule has 17 heavy (non-hydrogen) atoms. The van der Waals surface area contributed by atoms with E-state index in [-0.39, 0.29) is 0 Å². The molecule has 0 aliphatic carbocycles. The molecule has 0 aromatic carbocycles. The Morgan fingerprint density at radius 3 is 2.88 bits per heavy atom. The van der Waals surface area contributed by atoms with Crippen molar-refractivity contribution in [2.45, 2.75) is 18.9 Å². The van der Waals surface area contributed by atoms with E-state index in [0.29, 0.717) is 5.92 Å². The number of hydrogen-bond acceptors (Lipinski definition) is 3. The van der Waals surface area contributed by atoms with Crippen LogP contribution in [0.4, 0.5) is 0 Å². The monoisotopic (exact) mass is 228 g/mol. The molecule has 1 saturated heterocycles. The van der Waals surface area contributed by atoms with E-state index in [0.717, 1.165) is 19.6 Å². The first-order chi connectivity index (χ1) is 8.42. The standard InChI is InChI=1S/C13H16N4/c1-5-14-6-2-11(1)9-17-8-4-12(10-17)13-3-7-15-16-13/h1-3,5-7,12H,4,8-10H2,(H,15,16). The molecule has 1 aliphatic heterocycles. The summed E-state index contributed by atoms with van der Waals surface area (Å²) in [6.07, 6.45) is 6.77. The lowest BCUT2D eigenvalue weighted by Crippen LogP contribution is -2.19. The Labute approximate surface area is 101 Å². The molecule has 2 aromatic rings. The van der Waals surface area contributed by atoms with Gasteiger partial charge in [0, 0.05) is 43.3 Å². The first-order valence-electron chi connectivity index (χ1n) is 6.02. The van der Waals surface area contributed by atoms with Gasteiger partial charge in [0.1, 0.15) is 0 Å². The smallest absolute Gasteiger partial charge is 0.0490 e. The van der Waals surface area contributed by atoms with Crippen molar-refractivity contribution in [3.8, 4) is 0 Å². The molecule has 4 heteroatoms. The number of hydrogen-bond donors (Lipinski definition) is 1. The maximum atomic E-state index is 4.04. The second-order valence-electron chi connectivity index (χ2n) is 4.59. The molecule has 1 unspecified atom stereocenters. The van der Waals surface area contributed by atoms with Gasteiger partial charge in [-0.25, -0.2) is 0 Å². The number of H-pyrrole nitrogens is 1. The van der Waals surface area contributed by atoms with Crippen LogP contribution in [-0.4, -0.2) is 33.2 Å². The van der Waals surface area contributed by atoms with E-state index in [1.807, 2.05) is 18.6 Å². The summed E-state index contributed by atoms with van der Waals surface area (Å²) in [5, 5.41) is 7.10. The fourth-order valence-corrected chi connectivity index (χ4v) is 2.47. The predicted octanol–water partition coefficient (Wildman–Crippen LogP) is 1.79. The van der Waals surface area contributed by atoms with Gasteiger partial charge in [0.05, 0.1) is 0 Å². The van der Waals surface area contributed by atoms with Gasteiger partial charge >= 0.3 is 0 Å². The van der Waals surface area contributed by atoms with E-state index >= 15 is 0 Å². The van der Waals surface area contributed by atoms with Crippen molar-refractivity contribution < 1.29 is 0 Å². The summed E-state index contributed by atoms with van der Waals surface area (Å²) in [4.78, 5) is 6.53. The van der Waals surface area contributed by atoms with E-state index in [9.17, 15) is 0 Å². The van der Waals surface area contributed by atoms with Gasteiger partial charge in [0.25, 0.3) is 0 Å². The zero-order chi connectivity index (χ0) is 11.5. The Morgan fingerprint density at radius 1 is 1.24 bits per heavy atom. The normalized spacial score (nSPS) is 20.8. The van der Waals surface area contributed by atoms with Crippen LogP contribution in [0.5, 0.6) is 0 Å². The Bertz CT molecular complexity index is 452. The van der Waals surface area contributed by atoms with E-state index in [4.69, 9.17) is 0 Å². The first-order valence-corrected chi connectivity index (χ1v) is 6.02. The second-order valence-corrected chi connectivity index (χ2v) is 4.59. The van der Waals surface area contributed by atoms with E-state index in [2.05, 4.69) is 38.3 Å². The maximum Gasteiger partial charge on any atom is 0.0490 e. The molecule has 1 fully saturated rings. The SMILES string of the molecule is c1cc(CN2CCC(c3ccn[nH]3)C2)ccn1. The Hall–Kier alpha value is -1.68. The number of aromatic nitrogens is 3. The van der Waals surface area contributed by atoms with Crippen LogP contribution >= 0.6 is 0 Å². The number of likely N-dealkylation sites (tertiary alicyclic amines) is 1. The lowest BCUT2D eigenvalue weighted by Gasteiger charge is -2.15. The molecule has 0 radical (unpaired) electrons. The summed E-state index contributed by atoms with van der Waals surface area (Å²) in [5.74, 6) is 0.610. The van der Waals surface area contributed by atoms with Crippen molar-refractivity contribution in [1.29, 1.82) is 0 Å². The molecule has 3 heterocycles. The summed E-state index contributed by atoms with van der Waals surface area (Å²) >= 11 is 0. The fourth-order valence-electron chi connectivity index (χ4n) is 2.47. The molecule has 0 spiro atoms. The number of nitrogens with zero attached hydrogens (tertiary/aromatic N) is 3. The van der Waals surface area contributed by atoms with Crippen molar-refractivity contribution in [3.63, 3.8) is 0 Å². The van der Waals surface area contributed by atoms with Gasteiger partial charge in [-0.15, -0.1) is 0 Å². The van der Waals surface area contributed by atoms with Crippen LogP contribution in [0.25, 0.3) is 0 Å². The van der Waals surface area contributed by atoms with Crippen LogP contribution in [0, 0.1) is 0 Å². The molecule has 4 nitrogen and oxygen atoms in total. The molecule has 1 atom stereocenters. The van der Waals surface area contributed by atoms with Crippen molar-refractivity contribution in [1.82, 2.24) is 20.1 Å². The second kappa shape index (κ2) is 4.67. The summed E-state index contributed by atoms with van der Waals surface area (Å²) in [6, 6.07) is 6.26. The number of rotatable bonds is 3. The lowest BCUT2D eigenvalue weighted by atomic mass is 10.1.